The number of aliphatic hydroxyl groups is 1. The molecule has 0 fully saturated rings. The van der Waals surface area contributed by atoms with Gasteiger partial charge in [0.1, 0.15) is 5.70 Å². The number of carbonyl (C=O) groups excluding carboxylic acids is 3. The number of nitrogens with one attached hydrogen (secondary N) is 2. The minimum absolute atomic E-state index is 0.123. The maximum Gasteiger partial charge on any atom is 0.273 e. The van der Waals surface area contributed by atoms with E-state index in [4.69, 9.17) is 23.2 Å². The molecule has 3 N–H and O–H groups in total. The molecule has 0 spiro atoms. The van der Waals surface area contributed by atoms with Gasteiger partial charge in [-0.25, -0.2) is 18.6 Å². The van der Waals surface area contributed by atoms with Gasteiger partial charge in [0, 0.05) is 30.0 Å². The van der Waals surface area contributed by atoms with Crippen LogP contribution in [-0.2, 0) is 27.8 Å². The first-order valence-corrected chi connectivity index (χ1v) is 20.8. The van der Waals surface area contributed by atoms with E-state index in [-0.39, 0.29) is 40.8 Å². The van der Waals surface area contributed by atoms with Crippen molar-refractivity contribution in [2.75, 3.05) is 24.7 Å². The lowest BCUT2D eigenvalue weighted by molar-refractivity contribution is -0.127. The summed E-state index contributed by atoms with van der Waals surface area (Å²) in [6, 6.07) is 20.5. The Labute approximate surface area is 331 Å². The van der Waals surface area contributed by atoms with Crippen molar-refractivity contribution in [1.29, 1.82) is 0 Å². The van der Waals surface area contributed by atoms with Crippen molar-refractivity contribution in [1.82, 2.24) is 19.9 Å². The summed E-state index contributed by atoms with van der Waals surface area (Å²) in [6.45, 7) is 6.83. The van der Waals surface area contributed by atoms with Gasteiger partial charge < -0.3 is 14.9 Å². The van der Waals surface area contributed by atoms with E-state index >= 15 is 0 Å². The summed E-state index contributed by atoms with van der Waals surface area (Å²) >= 11 is 13.2. The topological polar surface area (TPSA) is 139 Å². The second kappa shape index (κ2) is 17.1. The van der Waals surface area contributed by atoms with Gasteiger partial charge >= 0.3 is 0 Å². The summed E-state index contributed by atoms with van der Waals surface area (Å²) in [5.41, 5.74) is 5.31. The van der Waals surface area contributed by atoms with Gasteiger partial charge in [0.05, 0.1) is 45.4 Å². The fourth-order valence-corrected chi connectivity index (χ4v) is 8.44. The third kappa shape index (κ3) is 8.39. The number of unbranched alkanes of at least 4 members (excludes halogenated alkanes) is 2. The summed E-state index contributed by atoms with van der Waals surface area (Å²) < 4.78 is 29.5. The van der Waals surface area contributed by atoms with Crippen LogP contribution in [0.3, 0.4) is 0 Å². The molecule has 0 saturated carbocycles. The molecule has 14 heteroatoms. The zero-order chi connectivity index (χ0) is 39.4. The number of fused-ring (bicyclic) bond motifs is 2. The van der Waals surface area contributed by atoms with Gasteiger partial charge in [0.15, 0.2) is 0 Å². The van der Waals surface area contributed by atoms with E-state index in [1.165, 1.54) is 40.2 Å². The summed E-state index contributed by atoms with van der Waals surface area (Å²) in [5, 5.41) is 13.8. The highest BCUT2D eigenvalue weighted by Crippen LogP contribution is 2.34. The van der Waals surface area contributed by atoms with E-state index in [2.05, 4.69) is 24.0 Å². The van der Waals surface area contributed by atoms with Crippen LogP contribution in [0.2, 0.25) is 5.02 Å². The predicted octanol–water partition coefficient (Wildman–Crippen LogP) is 6.76. The van der Waals surface area contributed by atoms with Crippen LogP contribution in [0.4, 0.5) is 5.69 Å². The van der Waals surface area contributed by atoms with Crippen molar-refractivity contribution in [3.05, 3.63) is 117 Å². The van der Waals surface area contributed by atoms with Crippen molar-refractivity contribution >= 4 is 67.4 Å². The van der Waals surface area contributed by atoms with Gasteiger partial charge in [0.2, 0.25) is 0 Å². The van der Waals surface area contributed by atoms with Crippen molar-refractivity contribution in [3.63, 3.8) is 0 Å². The fourth-order valence-electron chi connectivity index (χ4n) is 7.00. The van der Waals surface area contributed by atoms with Crippen LogP contribution in [0.1, 0.15) is 78.3 Å². The molecule has 55 heavy (non-hydrogen) atoms. The average Bonchev–Trinajstić information content (AvgIpc) is 3.49. The molecule has 2 aliphatic rings. The number of benzene rings is 4. The van der Waals surface area contributed by atoms with Crippen molar-refractivity contribution < 1.29 is 27.9 Å². The van der Waals surface area contributed by atoms with Crippen LogP contribution in [0.25, 0.3) is 10.8 Å². The van der Waals surface area contributed by atoms with Crippen molar-refractivity contribution in [2.45, 2.75) is 76.4 Å². The first-order chi connectivity index (χ1) is 26.4. The molecule has 0 aliphatic carbocycles. The molecule has 0 saturated heterocycles. The van der Waals surface area contributed by atoms with E-state index in [1.54, 1.807) is 29.2 Å². The number of rotatable bonds is 13. The molecular formula is C41H45Cl2N5O6S. The predicted molar refractivity (Wildman–Crippen MR) is 215 cm³/mol. The smallest absolute Gasteiger partial charge is 0.273 e. The molecule has 2 unspecified atom stereocenters. The molecular weight excluding hydrogens is 761 g/mol. The summed E-state index contributed by atoms with van der Waals surface area (Å²) in [5.74, 6) is -1.91. The largest absolute Gasteiger partial charge is 0.394 e. The van der Waals surface area contributed by atoms with Crippen LogP contribution >= 0.6 is 23.2 Å². The molecule has 6 rings (SSSR count). The normalized spacial score (nSPS) is 17.1. The number of hydrogen-bond acceptors (Lipinski definition) is 8. The Bertz CT molecular complexity index is 2260. The van der Waals surface area contributed by atoms with E-state index in [0.717, 1.165) is 42.2 Å². The van der Waals surface area contributed by atoms with E-state index in [1.807, 2.05) is 31.2 Å². The Kier molecular flexibility index (Phi) is 12.5. The number of hydrazine groups is 1. The highest BCUT2D eigenvalue weighted by Gasteiger charge is 2.37. The SMILES string of the molecule is CCCCN(CCCC)C(=O)C1=C(Cl)C(C)NN1c1ccc(C(=O)NS(=O)(=O)c2ccc3cccc(Cl)c3c2)c(C(=O)N2Cc3ccccc3CC2CO)c1. The number of anilines is 1. The fraction of sp³-hybridized carbons (Fsp3) is 0.341. The molecule has 3 amide bonds. The number of nitrogens with zero attached hydrogens (tertiary/aromatic N) is 3. The molecule has 2 atom stereocenters. The van der Waals surface area contributed by atoms with Gasteiger partial charge in [-0.1, -0.05) is 92.4 Å². The Morgan fingerprint density at radius 2 is 1.62 bits per heavy atom. The van der Waals surface area contributed by atoms with Crippen LogP contribution in [-0.4, -0.2) is 72.8 Å². The van der Waals surface area contributed by atoms with E-state index in [9.17, 15) is 27.9 Å². The second-order valence-electron chi connectivity index (χ2n) is 13.9. The minimum atomic E-state index is -4.44. The molecule has 2 heterocycles. The van der Waals surface area contributed by atoms with Crippen molar-refractivity contribution in [3.8, 4) is 0 Å². The number of amides is 3. The maximum atomic E-state index is 14.7. The zero-order valence-corrected chi connectivity index (χ0v) is 33.3. The molecule has 2 aliphatic heterocycles. The number of sulfonamides is 1. The van der Waals surface area contributed by atoms with E-state index in [0.29, 0.717) is 40.6 Å². The Balaban J connectivity index is 1.41. The number of carbonyl (C=O) groups is 3. The van der Waals surface area contributed by atoms with Crippen LogP contribution in [0.15, 0.2) is 94.5 Å². The van der Waals surface area contributed by atoms with Gasteiger partial charge in [-0.2, -0.15) is 0 Å². The number of hydrogen-bond donors (Lipinski definition) is 3. The molecule has 4 aromatic carbocycles. The maximum absolute atomic E-state index is 14.7. The standard InChI is InChI=1S/C41H45Cl2N5O6S/c1-4-6-19-46(20-7-5-2)41(52)38-37(43)26(3)44-48(38)30-16-18-33(35(22-30)40(51)47-24-29-12-9-8-11-28(29)21-31(47)25-49)39(50)45-55(53,54)32-17-15-27-13-10-14-36(42)34(27)23-32/h8-18,22-23,26,31,44,49H,4-7,19-21,24-25H2,1-3H3,(H,45,50). The van der Waals surface area contributed by atoms with Crippen LogP contribution in [0, 0.1) is 0 Å². The van der Waals surface area contributed by atoms with Gasteiger partial charge in [-0.15, -0.1) is 0 Å². The number of halogens is 2. The Hall–Kier alpha value is -4.46. The number of aliphatic hydroxyl groups excluding tert-OH is 1. The monoisotopic (exact) mass is 805 g/mol. The van der Waals surface area contributed by atoms with Gasteiger partial charge in [-0.3, -0.25) is 19.4 Å². The van der Waals surface area contributed by atoms with Crippen molar-refractivity contribution in [2.24, 2.45) is 0 Å². The molecule has 0 bridgehead atoms. The summed E-state index contributed by atoms with van der Waals surface area (Å²) in [7, 11) is -4.44. The average molecular weight is 807 g/mol. The van der Waals surface area contributed by atoms with E-state index < -0.39 is 33.9 Å². The Morgan fingerprint density at radius 1 is 0.909 bits per heavy atom. The Morgan fingerprint density at radius 3 is 2.31 bits per heavy atom. The van der Waals surface area contributed by atoms with Crippen LogP contribution in [0.5, 0.6) is 0 Å². The van der Waals surface area contributed by atoms with Crippen LogP contribution < -0.4 is 15.2 Å². The van der Waals surface area contributed by atoms with Gasteiger partial charge in [0.25, 0.3) is 27.7 Å². The lowest BCUT2D eigenvalue weighted by Crippen LogP contribution is -2.47. The van der Waals surface area contributed by atoms with Gasteiger partial charge in [-0.05, 0) is 79.1 Å². The molecule has 290 valence electrons. The third-order valence-corrected chi connectivity index (χ3v) is 12.3. The second-order valence-corrected chi connectivity index (χ2v) is 16.4. The molecule has 0 radical (unpaired) electrons. The third-order valence-electron chi connectivity index (χ3n) is 10.1. The highest BCUT2D eigenvalue weighted by molar-refractivity contribution is 7.90. The minimum Gasteiger partial charge on any atom is -0.394 e. The first-order valence-electron chi connectivity index (χ1n) is 18.5. The molecule has 0 aromatic heterocycles. The molecule has 11 nitrogen and oxygen atoms in total. The zero-order valence-electron chi connectivity index (χ0n) is 31.0. The first kappa shape index (κ1) is 40.2. The quantitative estimate of drug-likeness (QED) is 0.135. The summed E-state index contributed by atoms with van der Waals surface area (Å²) in [6.07, 6.45) is 3.80. The summed E-state index contributed by atoms with van der Waals surface area (Å²) in [4.78, 5) is 46.0. The lowest BCUT2D eigenvalue weighted by atomic mass is 9.93. The molecule has 4 aromatic rings. The highest BCUT2D eigenvalue weighted by atomic mass is 35.5. The lowest BCUT2D eigenvalue weighted by Gasteiger charge is -2.36.